The summed E-state index contributed by atoms with van der Waals surface area (Å²) in [6, 6.07) is 3.26. The lowest BCUT2D eigenvalue weighted by molar-refractivity contribution is 0.273. The first-order chi connectivity index (χ1) is 6.24. The number of hydrogen-bond acceptors (Lipinski definition) is 3. The Hall–Kier alpha value is -0.580. The third kappa shape index (κ3) is 1.35. The zero-order valence-corrected chi connectivity index (χ0v) is 8.33. The van der Waals surface area contributed by atoms with Crippen LogP contribution in [0, 0.1) is 5.82 Å². The molecule has 1 nitrogen and oxygen atoms in total. The number of benzene rings is 1. The zero-order chi connectivity index (χ0) is 9.42. The van der Waals surface area contributed by atoms with Gasteiger partial charge < -0.3 is 5.11 Å². The van der Waals surface area contributed by atoms with Crippen LogP contribution < -0.4 is 0 Å². The summed E-state index contributed by atoms with van der Waals surface area (Å²) >= 11 is 5.69. The van der Waals surface area contributed by atoms with Crippen molar-refractivity contribution in [3.8, 4) is 0 Å². The van der Waals surface area contributed by atoms with Gasteiger partial charge >= 0.3 is 0 Å². The second kappa shape index (κ2) is 3.29. The molecule has 0 unspecified atom stereocenters. The standard InChI is InChI=1S/C9H7FOS2/c10-7-3-5-1-2-13-9(5)8(12)6(7)4-11/h1-3,11-12H,4H2. The van der Waals surface area contributed by atoms with Crippen molar-refractivity contribution >= 4 is 34.1 Å². The molecule has 0 saturated carbocycles. The van der Waals surface area contributed by atoms with Gasteiger partial charge in [0.2, 0.25) is 0 Å². The molecule has 0 aliphatic rings. The van der Waals surface area contributed by atoms with E-state index in [1.54, 1.807) is 0 Å². The molecule has 0 fully saturated rings. The Balaban J connectivity index is 2.85. The van der Waals surface area contributed by atoms with E-state index in [0.29, 0.717) is 4.90 Å². The third-order valence-corrected chi connectivity index (χ3v) is 3.52. The van der Waals surface area contributed by atoms with Crippen molar-refractivity contribution in [2.45, 2.75) is 11.5 Å². The number of hydrogen-bond donors (Lipinski definition) is 2. The third-order valence-electron chi connectivity index (χ3n) is 1.93. The summed E-state index contributed by atoms with van der Waals surface area (Å²) in [6.45, 7) is -0.307. The smallest absolute Gasteiger partial charge is 0.130 e. The fourth-order valence-corrected chi connectivity index (χ4v) is 2.56. The Bertz CT molecular complexity index is 450. The maximum atomic E-state index is 13.3. The van der Waals surface area contributed by atoms with Crippen LogP contribution in [0.1, 0.15) is 5.56 Å². The Morgan fingerprint density at radius 2 is 2.31 bits per heavy atom. The fourth-order valence-electron chi connectivity index (χ4n) is 1.25. The molecule has 2 aromatic rings. The molecule has 0 radical (unpaired) electrons. The fraction of sp³-hybridized carbons (Fsp3) is 0.111. The highest BCUT2D eigenvalue weighted by atomic mass is 32.1. The van der Waals surface area contributed by atoms with E-state index in [0.717, 1.165) is 10.1 Å². The molecule has 0 saturated heterocycles. The van der Waals surface area contributed by atoms with Crippen LogP contribution in [0.4, 0.5) is 4.39 Å². The van der Waals surface area contributed by atoms with Gasteiger partial charge in [0.15, 0.2) is 0 Å². The van der Waals surface area contributed by atoms with Gasteiger partial charge in [-0.15, -0.1) is 24.0 Å². The van der Waals surface area contributed by atoms with Gasteiger partial charge in [-0.3, -0.25) is 0 Å². The number of thiol groups is 1. The number of thiophene rings is 1. The first kappa shape index (κ1) is 8.99. The molecular formula is C9H7FOS2. The highest BCUT2D eigenvalue weighted by Crippen LogP contribution is 2.32. The van der Waals surface area contributed by atoms with Gasteiger partial charge in [0.1, 0.15) is 5.82 Å². The average molecular weight is 214 g/mol. The van der Waals surface area contributed by atoms with Crippen LogP contribution in [0.5, 0.6) is 0 Å². The van der Waals surface area contributed by atoms with Gasteiger partial charge in [-0.2, -0.15) is 0 Å². The van der Waals surface area contributed by atoms with Crippen LogP contribution in [0.15, 0.2) is 22.4 Å². The molecule has 0 bridgehead atoms. The summed E-state index contributed by atoms with van der Waals surface area (Å²) in [5, 5.41) is 11.6. The van der Waals surface area contributed by atoms with Crippen molar-refractivity contribution < 1.29 is 9.50 Å². The minimum Gasteiger partial charge on any atom is -0.392 e. The Labute approximate surface area is 84.2 Å². The van der Waals surface area contributed by atoms with Crippen molar-refractivity contribution in [3.05, 3.63) is 28.9 Å². The highest BCUT2D eigenvalue weighted by molar-refractivity contribution is 7.80. The maximum absolute atomic E-state index is 13.3. The molecule has 1 aromatic heterocycles. The van der Waals surface area contributed by atoms with Gasteiger partial charge in [0.25, 0.3) is 0 Å². The van der Waals surface area contributed by atoms with E-state index in [1.807, 2.05) is 11.4 Å². The van der Waals surface area contributed by atoms with Crippen molar-refractivity contribution in [2.75, 3.05) is 0 Å². The van der Waals surface area contributed by atoms with Crippen molar-refractivity contribution in [2.24, 2.45) is 0 Å². The van der Waals surface area contributed by atoms with Crippen molar-refractivity contribution in [3.63, 3.8) is 0 Å². The van der Waals surface area contributed by atoms with E-state index in [9.17, 15) is 4.39 Å². The summed E-state index contributed by atoms with van der Waals surface area (Å²) in [4.78, 5) is 0.549. The first-order valence-corrected chi connectivity index (χ1v) is 5.05. The van der Waals surface area contributed by atoms with Gasteiger partial charge in [-0.05, 0) is 22.9 Å². The predicted molar refractivity (Wildman–Crippen MR) is 55.0 cm³/mol. The quantitative estimate of drug-likeness (QED) is 0.699. The Morgan fingerprint density at radius 3 is 3.00 bits per heavy atom. The monoisotopic (exact) mass is 214 g/mol. The van der Waals surface area contributed by atoms with Crippen LogP contribution >= 0.6 is 24.0 Å². The molecular weight excluding hydrogens is 207 g/mol. The van der Waals surface area contributed by atoms with Gasteiger partial charge in [0.05, 0.1) is 6.61 Å². The molecule has 68 valence electrons. The minimum absolute atomic E-state index is 0.276. The first-order valence-electron chi connectivity index (χ1n) is 3.72. The number of fused-ring (bicyclic) bond motifs is 1. The molecule has 13 heavy (non-hydrogen) atoms. The van der Waals surface area contributed by atoms with E-state index < -0.39 is 5.82 Å². The number of halogens is 1. The number of rotatable bonds is 1. The molecule has 0 atom stereocenters. The van der Waals surface area contributed by atoms with Crippen LogP contribution in [0.3, 0.4) is 0 Å². The Morgan fingerprint density at radius 1 is 1.54 bits per heavy atom. The van der Waals surface area contributed by atoms with Crippen molar-refractivity contribution in [1.29, 1.82) is 0 Å². The molecule has 0 aliphatic carbocycles. The maximum Gasteiger partial charge on any atom is 0.130 e. The van der Waals surface area contributed by atoms with E-state index >= 15 is 0 Å². The molecule has 2 rings (SSSR count). The molecule has 0 aliphatic heterocycles. The largest absolute Gasteiger partial charge is 0.392 e. The highest BCUT2D eigenvalue weighted by Gasteiger charge is 2.10. The van der Waals surface area contributed by atoms with E-state index in [-0.39, 0.29) is 12.2 Å². The average Bonchev–Trinajstić information content (AvgIpc) is 2.53. The molecule has 0 spiro atoms. The normalized spacial score (nSPS) is 11.0. The summed E-state index contributed by atoms with van der Waals surface area (Å²) in [6.07, 6.45) is 0. The number of aliphatic hydroxyl groups is 1. The van der Waals surface area contributed by atoms with Crippen LogP contribution in [0.25, 0.3) is 10.1 Å². The van der Waals surface area contributed by atoms with Gasteiger partial charge in [-0.1, -0.05) is 0 Å². The Kier molecular flexibility index (Phi) is 2.27. The summed E-state index contributed by atoms with van der Waals surface area (Å²) in [5.74, 6) is -0.390. The molecule has 1 N–H and O–H groups in total. The molecule has 1 heterocycles. The van der Waals surface area contributed by atoms with Gasteiger partial charge in [0, 0.05) is 15.2 Å². The summed E-state index contributed by atoms with van der Waals surface area (Å²) in [5.41, 5.74) is 0.276. The second-order valence-electron chi connectivity index (χ2n) is 2.68. The molecule has 1 aromatic carbocycles. The van der Waals surface area contributed by atoms with Crippen LogP contribution in [-0.2, 0) is 6.61 Å². The topological polar surface area (TPSA) is 20.2 Å². The lowest BCUT2D eigenvalue weighted by Crippen LogP contribution is -1.91. The van der Waals surface area contributed by atoms with Gasteiger partial charge in [-0.25, -0.2) is 4.39 Å². The molecule has 4 heteroatoms. The van der Waals surface area contributed by atoms with E-state index in [4.69, 9.17) is 5.11 Å². The van der Waals surface area contributed by atoms with Crippen LogP contribution in [0.2, 0.25) is 0 Å². The zero-order valence-electron chi connectivity index (χ0n) is 6.62. The summed E-state index contributed by atoms with van der Waals surface area (Å²) in [7, 11) is 0. The second-order valence-corrected chi connectivity index (χ2v) is 4.05. The van der Waals surface area contributed by atoms with Crippen molar-refractivity contribution in [1.82, 2.24) is 0 Å². The molecule has 0 amide bonds. The van der Waals surface area contributed by atoms with E-state index in [1.165, 1.54) is 17.4 Å². The predicted octanol–water partition coefficient (Wildman–Crippen LogP) is 2.82. The lowest BCUT2D eigenvalue weighted by Gasteiger charge is -2.03. The lowest BCUT2D eigenvalue weighted by atomic mass is 10.2. The summed E-state index contributed by atoms with van der Waals surface area (Å²) < 4.78 is 14.2. The van der Waals surface area contributed by atoms with E-state index in [2.05, 4.69) is 12.6 Å². The minimum atomic E-state index is -0.390. The SMILES string of the molecule is OCc1c(F)cc2ccsc2c1S. The van der Waals surface area contributed by atoms with Crippen LogP contribution in [-0.4, -0.2) is 5.11 Å². The number of aliphatic hydroxyl groups excluding tert-OH is 1.